The minimum atomic E-state index is -4.72. The number of ether oxygens (including phenoxy) is 1. The predicted molar refractivity (Wildman–Crippen MR) is 64.3 cm³/mol. The highest BCUT2D eigenvalue weighted by Crippen LogP contribution is 2.66. The van der Waals surface area contributed by atoms with Gasteiger partial charge in [-0.25, -0.2) is 4.79 Å². The molecule has 0 radical (unpaired) electrons. The third-order valence-electron chi connectivity index (χ3n) is 5.55. The van der Waals surface area contributed by atoms with Gasteiger partial charge in [-0.15, -0.1) is 0 Å². The van der Waals surface area contributed by atoms with Crippen molar-refractivity contribution in [1.82, 2.24) is 0 Å². The van der Waals surface area contributed by atoms with Crippen molar-refractivity contribution in [1.29, 1.82) is 0 Å². The Morgan fingerprint density at radius 2 is 1.89 bits per heavy atom. The van der Waals surface area contributed by atoms with Crippen LogP contribution in [0.4, 0.5) is 13.2 Å². The Morgan fingerprint density at radius 1 is 1.32 bits per heavy atom. The number of esters is 1. The van der Waals surface area contributed by atoms with Crippen LogP contribution in [0.2, 0.25) is 0 Å². The molecule has 2 nitrogen and oxygen atoms in total. The van der Waals surface area contributed by atoms with Crippen molar-refractivity contribution in [3.8, 4) is 0 Å². The second kappa shape index (κ2) is 4.00. The molecule has 0 aromatic rings. The molecule has 2 aliphatic carbocycles. The van der Waals surface area contributed by atoms with E-state index in [0.29, 0.717) is 12.3 Å². The van der Waals surface area contributed by atoms with Crippen molar-refractivity contribution in [3.05, 3.63) is 12.2 Å². The molecule has 2 aliphatic rings. The van der Waals surface area contributed by atoms with Crippen LogP contribution < -0.4 is 0 Å². The summed E-state index contributed by atoms with van der Waals surface area (Å²) in [5.41, 5.74) is -1.66. The fraction of sp³-hybridized carbons (Fsp3) is 0.786. The van der Waals surface area contributed by atoms with Gasteiger partial charge in [0.05, 0.1) is 0 Å². The molecular formula is C14H19F3O2. The van der Waals surface area contributed by atoms with Crippen LogP contribution in [-0.2, 0) is 9.53 Å². The predicted octanol–water partition coefficient (Wildman–Crippen LogP) is 3.86. The van der Waals surface area contributed by atoms with Crippen molar-refractivity contribution >= 4 is 5.97 Å². The molecule has 0 N–H and O–H groups in total. The van der Waals surface area contributed by atoms with Crippen LogP contribution in [0.5, 0.6) is 0 Å². The summed E-state index contributed by atoms with van der Waals surface area (Å²) in [5, 5.41) is 0. The fourth-order valence-corrected chi connectivity index (χ4v) is 3.62. The van der Waals surface area contributed by atoms with Crippen LogP contribution in [0.3, 0.4) is 0 Å². The van der Waals surface area contributed by atoms with Gasteiger partial charge in [0.15, 0.2) is 0 Å². The number of hydrogen-bond acceptors (Lipinski definition) is 2. The van der Waals surface area contributed by atoms with E-state index < -0.39 is 23.8 Å². The molecule has 2 bridgehead atoms. The summed E-state index contributed by atoms with van der Waals surface area (Å²) in [6.45, 7) is 9.01. The van der Waals surface area contributed by atoms with Crippen molar-refractivity contribution < 1.29 is 22.7 Å². The van der Waals surface area contributed by atoms with Gasteiger partial charge in [0.25, 0.3) is 0 Å². The lowest BCUT2D eigenvalue weighted by Crippen LogP contribution is -2.39. The number of halogens is 3. The highest BCUT2D eigenvalue weighted by Gasteiger charge is 2.63. The molecule has 19 heavy (non-hydrogen) atoms. The standard InChI is InChI=1S/C14H19F3O2/c1-8(14(15,16)17)11(18)19-10-7-9-5-6-13(10,4)12(9,2)3/h9-10H,1,5-7H2,2-4H3. The zero-order valence-corrected chi connectivity index (χ0v) is 11.4. The van der Waals surface area contributed by atoms with Crippen molar-refractivity contribution in [2.24, 2.45) is 16.7 Å². The SMILES string of the molecule is C=C(C(=O)OC1CC2CCC1(C)C2(C)C)C(F)(F)F. The Hall–Kier alpha value is -1.00. The van der Waals surface area contributed by atoms with Crippen LogP contribution in [-0.4, -0.2) is 18.2 Å². The van der Waals surface area contributed by atoms with Crippen molar-refractivity contribution in [2.75, 3.05) is 0 Å². The first-order valence-electron chi connectivity index (χ1n) is 6.47. The molecule has 5 heteroatoms. The van der Waals surface area contributed by atoms with E-state index in [1.807, 2.05) is 6.92 Å². The second-order valence-corrected chi connectivity index (χ2v) is 6.48. The van der Waals surface area contributed by atoms with Gasteiger partial charge in [-0.2, -0.15) is 13.2 Å². The zero-order valence-electron chi connectivity index (χ0n) is 11.4. The molecule has 0 aromatic carbocycles. The van der Waals surface area contributed by atoms with Crippen molar-refractivity contribution in [3.63, 3.8) is 0 Å². The average Bonchev–Trinajstić information content (AvgIpc) is 2.59. The van der Waals surface area contributed by atoms with Gasteiger partial charge in [0, 0.05) is 5.41 Å². The third kappa shape index (κ3) is 1.98. The lowest BCUT2D eigenvalue weighted by atomic mass is 9.70. The van der Waals surface area contributed by atoms with Crippen LogP contribution in [0, 0.1) is 16.7 Å². The average molecular weight is 276 g/mol. The monoisotopic (exact) mass is 276 g/mol. The summed E-state index contributed by atoms with van der Waals surface area (Å²) in [6, 6.07) is 0. The molecule has 2 rings (SSSR count). The first-order valence-corrected chi connectivity index (χ1v) is 6.47. The maximum absolute atomic E-state index is 12.4. The van der Waals surface area contributed by atoms with E-state index in [4.69, 9.17) is 4.74 Å². The molecule has 0 heterocycles. The molecule has 2 saturated carbocycles. The lowest BCUT2D eigenvalue weighted by Gasteiger charge is -2.38. The molecule has 0 aliphatic heterocycles. The normalized spacial score (nSPS) is 36.3. The highest BCUT2D eigenvalue weighted by molar-refractivity contribution is 5.89. The minimum Gasteiger partial charge on any atom is -0.458 e. The molecular weight excluding hydrogens is 257 g/mol. The molecule has 2 fully saturated rings. The Kier molecular flexibility index (Phi) is 3.03. The highest BCUT2D eigenvalue weighted by atomic mass is 19.4. The van der Waals surface area contributed by atoms with Crippen LogP contribution in [0.1, 0.15) is 40.0 Å². The maximum Gasteiger partial charge on any atom is 0.422 e. The summed E-state index contributed by atoms with van der Waals surface area (Å²) in [6.07, 6.45) is -2.56. The van der Waals surface area contributed by atoms with Crippen LogP contribution in [0.25, 0.3) is 0 Å². The van der Waals surface area contributed by atoms with E-state index >= 15 is 0 Å². The van der Waals surface area contributed by atoms with E-state index in [-0.39, 0.29) is 10.8 Å². The van der Waals surface area contributed by atoms with E-state index in [2.05, 4.69) is 20.4 Å². The Bertz CT molecular complexity index is 425. The van der Waals surface area contributed by atoms with Gasteiger partial charge in [-0.05, 0) is 30.6 Å². The lowest BCUT2D eigenvalue weighted by molar-refractivity contribution is -0.162. The number of carbonyl (C=O) groups is 1. The van der Waals surface area contributed by atoms with E-state index in [0.717, 1.165) is 12.8 Å². The number of rotatable bonds is 2. The van der Waals surface area contributed by atoms with Crippen LogP contribution >= 0.6 is 0 Å². The fourth-order valence-electron chi connectivity index (χ4n) is 3.62. The summed E-state index contributed by atoms with van der Waals surface area (Å²) in [4.78, 5) is 11.5. The van der Waals surface area contributed by atoms with E-state index in [1.54, 1.807) is 0 Å². The smallest absolute Gasteiger partial charge is 0.422 e. The quantitative estimate of drug-likeness (QED) is 0.565. The second-order valence-electron chi connectivity index (χ2n) is 6.48. The summed E-state index contributed by atoms with van der Waals surface area (Å²) < 4.78 is 42.3. The van der Waals surface area contributed by atoms with Gasteiger partial charge in [-0.3, -0.25) is 0 Å². The molecule has 0 saturated heterocycles. The number of fused-ring (bicyclic) bond motifs is 2. The van der Waals surface area contributed by atoms with E-state index in [1.165, 1.54) is 0 Å². The number of alkyl halides is 3. The molecule has 3 unspecified atom stereocenters. The van der Waals surface area contributed by atoms with Gasteiger partial charge < -0.3 is 4.74 Å². The molecule has 0 spiro atoms. The summed E-state index contributed by atoms with van der Waals surface area (Å²) >= 11 is 0. The van der Waals surface area contributed by atoms with Gasteiger partial charge in [0.1, 0.15) is 11.7 Å². The Morgan fingerprint density at radius 3 is 2.26 bits per heavy atom. The first-order chi connectivity index (χ1) is 8.50. The topological polar surface area (TPSA) is 26.3 Å². The molecule has 0 amide bonds. The first kappa shape index (κ1) is 14.4. The minimum absolute atomic E-state index is 0.00247. The Labute approximate surface area is 111 Å². The summed E-state index contributed by atoms with van der Waals surface area (Å²) in [7, 11) is 0. The van der Waals surface area contributed by atoms with Gasteiger partial charge in [0.2, 0.25) is 0 Å². The Balaban J connectivity index is 2.11. The van der Waals surface area contributed by atoms with Gasteiger partial charge >= 0.3 is 12.1 Å². The molecule has 108 valence electrons. The van der Waals surface area contributed by atoms with E-state index in [9.17, 15) is 18.0 Å². The zero-order chi connectivity index (χ0) is 14.6. The maximum atomic E-state index is 12.4. The van der Waals surface area contributed by atoms with Crippen molar-refractivity contribution in [2.45, 2.75) is 52.3 Å². The summed E-state index contributed by atoms with van der Waals surface area (Å²) in [5.74, 6) is -0.920. The molecule has 0 aromatic heterocycles. The molecule has 3 atom stereocenters. The van der Waals surface area contributed by atoms with Gasteiger partial charge in [-0.1, -0.05) is 27.4 Å². The van der Waals surface area contributed by atoms with Crippen LogP contribution in [0.15, 0.2) is 12.2 Å². The number of carbonyl (C=O) groups excluding carboxylic acids is 1. The largest absolute Gasteiger partial charge is 0.458 e. The number of hydrogen-bond donors (Lipinski definition) is 0. The third-order valence-corrected chi connectivity index (χ3v) is 5.55.